The first-order chi connectivity index (χ1) is 15.1. The lowest BCUT2D eigenvalue weighted by Gasteiger charge is -2.27. The third-order valence-electron chi connectivity index (χ3n) is 4.94. The number of benzene rings is 1. The molecule has 160 valence electrons. The normalized spacial score (nSPS) is 18.0. The van der Waals surface area contributed by atoms with Gasteiger partial charge in [0, 0.05) is 23.9 Å². The van der Waals surface area contributed by atoms with Crippen LogP contribution in [0.2, 0.25) is 0 Å². The zero-order valence-electron chi connectivity index (χ0n) is 17.1. The monoisotopic (exact) mass is 454 g/mol. The summed E-state index contributed by atoms with van der Waals surface area (Å²) in [6.45, 7) is -0.0450. The number of nitrogens with zero attached hydrogens (tertiary/aromatic N) is 2. The van der Waals surface area contributed by atoms with E-state index in [1.165, 1.54) is 7.11 Å². The molecular weight excluding hydrogens is 432 g/mol. The van der Waals surface area contributed by atoms with Crippen LogP contribution in [0.25, 0.3) is 0 Å². The summed E-state index contributed by atoms with van der Waals surface area (Å²) in [4.78, 5) is 19.9. The van der Waals surface area contributed by atoms with E-state index in [2.05, 4.69) is 32.0 Å². The Hall–Kier alpha value is -3.01. The van der Waals surface area contributed by atoms with Gasteiger partial charge in [-0.25, -0.2) is 0 Å². The summed E-state index contributed by atoms with van der Waals surface area (Å²) in [5, 5.41) is 8.92. The number of aromatic nitrogens is 1. The van der Waals surface area contributed by atoms with Gasteiger partial charge in [0.25, 0.3) is 0 Å². The summed E-state index contributed by atoms with van der Waals surface area (Å²) in [5.41, 5.74) is 2.30. The summed E-state index contributed by atoms with van der Waals surface area (Å²) in [5.74, 6) is 0.293. The summed E-state index contributed by atoms with van der Waals surface area (Å²) in [7, 11) is 3.04. The van der Waals surface area contributed by atoms with E-state index in [1.54, 1.807) is 24.6 Å². The Morgan fingerprint density at radius 2 is 2.13 bits per heavy atom. The molecule has 7 nitrogen and oxygen atoms in total. The Labute approximate surface area is 190 Å². The van der Waals surface area contributed by atoms with Crippen LogP contribution in [0.5, 0.6) is 5.75 Å². The zero-order valence-corrected chi connectivity index (χ0v) is 18.7. The van der Waals surface area contributed by atoms with E-state index >= 15 is 0 Å². The number of nitrogens with one attached hydrogen (secondary N) is 2. The largest absolute Gasteiger partial charge is 0.495 e. The van der Waals surface area contributed by atoms with Crippen molar-refractivity contribution in [2.24, 2.45) is 0 Å². The third kappa shape index (κ3) is 4.39. The van der Waals surface area contributed by atoms with Crippen LogP contribution in [0, 0.1) is 0 Å². The van der Waals surface area contributed by atoms with Gasteiger partial charge in [0.1, 0.15) is 12.4 Å². The number of thiocarbonyl (C=S) groups is 1. The lowest BCUT2D eigenvalue weighted by Crippen LogP contribution is -2.29. The van der Waals surface area contributed by atoms with Gasteiger partial charge in [-0.2, -0.15) is 0 Å². The van der Waals surface area contributed by atoms with Crippen molar-refractivity contribution in [3.8, 4) is 5.75 Å². The van der Waals surface area contributed by atoms with Crippen LogP contribution in [-0.2, 0) is 9.53 Å². The minimum atomic E-state index is -0.263. The molecule has 0 saturated carbocycles. The van der Waals surface area contributed by atoms with Gasteiger partial charge in [0.2, 0.25) is 5.91 Å². The molecule has 4 rings (SSSR count). The minimum Gasteiger partial charge on any atom is -0.495 e. The molecule has 3 heterocycles. The van der Waals surface area contributed by atoms with Crippen molar-refractivity contribution in [1.29, 1.82) is 0 Å². The molecule has 2 aromatic heterocycles. The van der Waals surface area contributed by atoms with E-state index in [0.717, 1.165) is 16.3 Å². The highest BCUT2D eigenvalue weighted by Crippen LogP contribution is 2.44. The molecule has 1 aromatic carbocycles. The van der Waals surface area contributed by atoms with Crippen molar-refractivity contribution in [3.63, 3.8) is 0 Å². The van der Waals surface area contributed by atoms with Crippen molar-refractivity contribution in [3.05, 3.63) is 70.7 Å². The van der Waals surface area contributed by atoms with Gasteiger partial charge in [-0.15, -0.1) is 11.3 Å². The van der Waals surface area contributed by atoms with Crippen LogP contribution < -0.4 is 20.3 Å². The summed E-state index contributed by atoms with van der Waals surface area (Å²) >= 11 is 7.41. The number of pyridine rings is 1. The fourth-order valence-electron chi connectivity index (χ4n) is 3.64. The van der Waals surface area contributed by atoms with Gasteiger partial charge >= 0.3 is 0 Å². The second kappa shape index (κ2) is 9.42. The van der Waals surface area contributed by atoms with E-state index in [9.17, 15) is 4.79 Å². The molecule has 0 aliphatic carbocycles. The summed E-state index contributed by atoms with van der Waals surface area (Å²) in [6, 6.07) is 15.4. The fraction of sp³-hybridized carbons (Fsp3) is 0.227. The molecule has 1 amide bonds. The Morgan fingerprint density at radius 3 is 2.81 bits per heavy atom. The molecule has 31 heavy (non-hydrogen) atoms. The van der Waals surface area contributed by atoms with E-state index in [1.807, 2.05) is 42.5 Å². The van der Waals surface area contributed by atoms with Crippen molar-refractivity contribution in [2.45, 2.75) is 12.1 Å². The standard InChI is InChI=1S/C22H22N4O3S2/c1-28-13-19(27)24-16-12-14(8-9-17(16)29-2)26-21(18-7-5-11-31-18)20(25-22(26)30)15-6-3-4-10-23-15/h3-12,20-21H,13H2,1-2H3,(H,24,27)(H,25,30)/t20-,21+/m1/s1. The topological polar surface area (TPSA) is 75.7 Å². The fourth-order valence-corrected chi connectivity index (χ4v) is 4.84. The van der Waals surface area contributed by atoms with Gasteiger partial charge in [-0.1, -0.05) is 12.1 Å². The molecule has 0 unspecified atom stereocenters. The number of rotatable bonds is 7. The summed E-state index contributed by atoms with van der Waals surface area (Å²) < 4.78 is 10.4. The van der Waals surface area contributed by atoms with Crippen LogP contribution in [0.4, 0.5) is 11.4 Å². The number of hydrogen-bond acceptors (Lipinski definition) is 6. The highest BCUT2D eigenvalue weighted by molar-refractivity contribution is 7.80. The smallest absolute Gasteiger partial charge is 0.250 e. The van der Waals surface area contributed by atoms with Gasteiger partial charge in [-0.3, -0.25) is 9.78 Å². The van der Waals surface area contributed by atoms with E-state index in [0.29, 0.717) is 16.5 Å². The van der Waals surface area contributed by atoms with Gasteiger partial charge < -0.3 is 25.0 Å². The van der Waals surface area contributed by atoms with E-state index in [4.69, 9.17) is 21.7 Å². The summed E-state index contributed by atoms with van der Waals surface area (Å²) in [6.07, 6.45) is 1.78. The number of thiophene rings is 1. The maximum atomic E-state index is 12.1. The van der Waals surface area contributed by atoms with Crippen molar-refractivity contribution in [1.82, 2.24) is 10.3 Å². The number of amides is 1. The quantitative estimate of drug-likeness (QED) is 0.524. The zero-order chi connectivity index (χ0) is 21.8. The number of methoxy groups -OCH3 is 2. The highest BCUT2D eigenvalue weighted by Gasteiger charge is 2.41. The second-order valence-corrected chi connectivity index (χ2v) is 8.24. The molecular formula is C22H22N4O3S2. The lowest BCUT2D eigenvalue weighted by molar-refractivity contribution is -0.119. The van der Waals surface area contributed by atoms with Crippen LogP contribution in [-0.4, -0.2) is 36.8 Å². The maximum Gasteiger partial charge on any atom is 0.250 e. The Bertz CT molecular complexity index is 1060. The Morgan fingerprint density at radius 1 is 1.26 bits per heavy atom. The molecule has 1 aliphatic heterocycles. The van der Waals surface area contributed by atoms with Gasteiger partial charge in [0.05, 0.1) is 30.6 Å². The molecule has 2 atom stereocenters. The molecule has 9 heteroatoms. The predicted octanol–water partition coefficient (Wildman–Crippen LogP) is 3.91. The molecule has 2 N–H and O–H groups in total. The maximum absolute atomic E-state index is 12.1. The Kier molecular flexibility index (Phi) is 6.45. The van der Waals surface area contributed by atoms with Gasteiger partial charge in [0.15, 0.2) is 5.11 Å². The average Bonchev–Trinajstić information content (AvgIpc) is 3.42. The van der Waals surface area contributed by atoms with Gasteiger partial charge in [-0.05, 0) is 54.0 Å². The van der Waals surface area contributed by atoms with Crippen molar-refractivity contribution in [2.75, 3.05) is 31.0 Å². The number of anilines is 2. The lowest BCUT2D eigenvalue weighted by atomic mass is 10.0. The third-order valence-corrected chi connectivity index (χ3v) is 6.20. The molecule has 3 aromatic rings. The second-order valence-electron chi connectivity index (χ2n) is 6.88. The first-order valence-corrected chi connectivity index (χ1v) is 10.9. The Balaban J connectivity index is 1.75. The molecule has 0 radical (unpaired) electrons. The van der Waals surface area contributed by atoms with E-state index < -0.39 is 0 Å². The number of carbonyl (C=O) groups excluding carboxylic acids is 1. The van der Waals surface area contributed by atoms with E-state index in [-0.39, 0.29) is 24.6 Å². The molecule has 1 fully saturated rings. The first kappa shape index (κ1) is 21.2. The molecule has 1 saturated heterocycles. The number of ether oxygens (including phenoxy) is 2. The van der Waals surface area contributed by atoms with Crippen molar-refractivity contribution < 1.29 is 14.3 Å². The minimum absolute atomic E-state index is 0.0450. The van der Waals surface area contributed by atoms with Crippen LogP contribution >= 0.6 is 23.6 Å². The number of hydrogen-bond donors (Lipinski definition) is 2. The average molecular weight is 455 g/mol. The van der Waals surface area contributed by atoms with Crippen LogP contribution in [0.15, 0.2) is 60.1 Å². The van der Waals surface area contributed by atoms with Crippen LogP contribution in [0.3, 0.4) is 0 Å². The first-order valence-electron chi connectivity index (χ1n) is 9.63. The molecule has 0 bridgehead atoms. The molecule has 0 spiro atoms. The van der Waals surface area contributed by atoms with Crippen molar-refractivity contribution >= 4 is 45.9 Å². The predicted molar refractivity (Wildman–Crippen MR) is 126 cm³/mol. The SMILES string of the molecule is COCC(=O)Nc1cc(N2C(=S)N[C@H](c3ccccn3)[C@@H]2c2cccs2)ccc1OC. The number of carbonyl (C=O) groups is 1. The highest BCUT2D eigenvalue weighted by atomic mass is 32.1. The van der Waals surface area contributed by atoms with Crippen LogP contribution in [0.1, 0.15) is 22.7 Å². The molecule has 1 aliphatic rings.